The number of carbonyl (C=O) groups is 1. The molecule has 0 aromatic heterocycles. The second kappa shape index (κ2) is 8.43. The van der Waals surface area contributed by atoms with Crippen molar-refractivity contribution in [2.45, 2.75) is 19.8 Å². The van der Waals surface area contributed by atoms with Gasteiger partial charge in [-0.1, -0.05) is 6.07 Å². The van der Waals surface area contributed by atoms with E-state index >= 15 is 0 Å². The fraction of sp³-hybridized carbons (Fsp3) is 0.533. The van der Waals surface area contributed by atoms with Crippen molar-refractivity contribution in [1.82, 2.24) is 4.90 Å². The van der Waals surface area contributed by atoms with Gasteiger partial charge in [0.1, 0.15) is 0 Å². The lowest BCUT2D eigenvalue weighted by Gasteiger charge is -2.20. The fourth-order valence-corrected chi connectivity index (χ4v) is 2.02. The van der Waals surface area contributed by atoms with Crippen LogP contribution in [0.4, 0.5) is 0 Å². The standard InChI is InChI=1S/C15H24N2O3/c1-4-17(9-5-8-16)15(18)11-12-6-7-13(19-2)14(10-12)20-3/h6-7,10H,4-5,8-9,11,16H2,1-3H3. The van der Waals surface area contributed by atoms with Crippen LogP contribution in [-0.2, 0) is 11.2 Å². The molecular formula is C15H24N2O3. The van der Waals surface area contributed by atoms with E-state index in [0.29, 0.717) is 37.6 Å². The highest BCUT2D eigenvalue weighted by molar-refractivity contribution is 5.79. The van der Waals surface area contributed by atoms with Crippen molar-refractivity contribution in [1.29, 1.82) is 0 Å². The molecule has 1 rings (SSSR count). The minimum atomic E-state index is 0.105. The lowest BCUT2D eigenvalue weighted by Crippen LogP contribution is -2.33. The number of rotatable bonds is 8. The van der Waals surface area contributed by atoms with Gasteiger partial charge in [0.15, 0.2) is 11.5 Å². The molecule has 1 aromatic rings. The van der Waals surface area contributed by atoms with E-state index in [1.165, 1.54) is 0 Å². The van der Waals surface area contributed by atoms with Crippen LogP contribution in [-0.4, -0.2) is 44.7 Å². The van der Waals surface area contributed by atoms with E-state index in [2.05, 4.69) is 0 Å². The molecule has 5 heteroatoms. The molecule has 0 heterocycles. The van der Waals surface area contributed by atoms with Crippen molar-refractivity contribution in [3.05, 3.63) is 23.8 Å². The molecule has 0 saturated carbocycles. The molecule has 1 aromatic carbocycles. The second-order valence-electron chi connectivity index (χ2n) is 4.48. The zero-order valence-corrected chi connectivity index (χ0v) is 12.5. The van der Waals surface area contributed by atoms with Gasteiger partial charge >= 0.3 is 0 Å². The van der Waals surface area contributed by atoms with Crippen LogP contribution in [0.25, 0.3) is 0 Å². The Hall–Kier alpha value is -1.75. The molecule has 0 aliphatic carbocycles. The van der Waals surface area contributed by atoms with Gasteiger partial charge in [0.2, 0.25) is 5.91 Å². The molecule has 0 unspecified atom stereocenters. The van der Waals surface area contributed by atoms with Gasteiger partial charge in [-0.3, -0.25) is 4.79 Å². The Balaban J connectivity index is 2.74. The molecule has 0 spiro atoms. The van der Waals surface area contributed by atoms with Gasteiger partial charge in [-0.2, -0.15) is 0 Å². The molecule has 5 nitrogen and oxygen atoms in total. The molecule has 112 valence electrons. The topological polar surface area (TPSA) is 64.8 Å². The summed E-state index contributed by atoms with van der Waals surface area (Å²) in [5.74, 6) is 1.41. The number of benzene rings is 1. The third-order valence-electron chi connectivity index (χ3n) is 3.17. The van der Waals surface area contributed by atoms with Gasteiger partial charge in [0, 0.05) is 13.1 Å². The zero-order valence-electron chi connectivity index (χ0n) is 12.5. The number of ether oxygens (including phenoxy) is 2. The minimum Gasteiger partial charge on any atom is -0.493 e. The Morgan fingerprint density at radius 2 is 1.95 bits per heavy atom. The maximum Gasteiger partial charge on any atom is 0.226 e. The molecule has 20 heavy (non-hydrogen) atoms. The maximum absolute atomic E-state index is 12.2. The summed E-state index contributed by atoms with van der Waals surface area (Å²) in [6.07, 6.45) is 1.18. The van der Waals surface area contributed by atoms with Crippen molar-refractivity contribution in [3.8, 4) is 11.5 Å². The van der Waals surface area contributed by atoms with Crippen LogP contribution >= 0.6 is 0 Å². The summed E-state index contributed by atoms with van der Waals surface area (Å²) in [5, 5.41) is 0. The van der Waals surface area contributed by atoms with Crippen LogP contribution in [0.1, 0.15) is 18.9 Å². The number of methoxy groups -OCH3 is 2. The molecule has 0 bridgehead atoms. The molecule has 0 fully saturated rings. The van der Waals surface area contributed by atoms with Gasteiger partial charge in [-0.15, -0.1) is 0 Å². The predicted molar refractivity (Wildman–Crippen MR) is 79.2 cm³/mol. The zero-order chi connectivity index (χ0) is 15.0. The van der Waals surface area contributed by atoms with E-state index in [1.807, 2.05) is 30.0 Å². The summed E-state index contributed by atoms with van der Waals surface area (Å²) in [7, 11) is 3.18. The van der Waals surface area contributed by atoms with E-state index in [1.54, 1.807) is 14.2 Å². The third kappa shape index (κ3) is 4.42. The van der Waals surface area contributed by atoms with Gasteiger partial charge in [0.05, 0.1) is 20.6 Å². The normalized spacial score (nSPS) is 10.2. The van der Waals surface area contributed by atoms with Gasteiger partial charge in [-0.05, 0) is 37.6 Å². The summed E-state index contributed by atoms with van der Waals surface area (Å²) in [6, 6.07) is 5.54. The summed E-state index contributed by atoms with van der Waals surface area (Å²) in [6.45, 7) is 3.98. The lowest BCUT2D eigenvalue weighted by molar-refractivity contribution is -0.130. The van der Waals surface area contributed by atoms with Crippen molar-refractivity contribution in [3.63, 3.8) is 0 Å². The molecule has 0 aliphatic heterocycles. The Morgan fingerprint density at radius 1 is 1.25 bits per heavy atom. The van der Waals surface area contributed by atoms with Gasteiger partial charge in [0.25, 0.3) is 0 Å². The number of amides is 1. The lowest BCUT2D eigenvalue weighted by atomic mass is 10.1. The molecule has 1 amide bonds. The number of hydrogen-bond donors (Lipinski definition) is 1. The molecule has 0 radical (unpaired) electrons. The molecule has 2 N–H and O–H groups in total. The summed E-state index contributed by atoms with van der Waals surface area (Å²) < 4.78 is 10.4. The first kappa shape index (κ1) is 16.3. The predicted octanol–water partition coefficient (Wildman–Crippen LogP) is 1.44. The molecule has 0 saturated heterocycles. The van der Waals surface area contributed by atoms with Gasteiger partial charge in [-0.25, -0.2) is 0 Å². The Kier molecular flexibility index (Phi) is 6.87. The SMILES string of the molecule is CCN(CCCN)C(=O)Cc1ccc(OC)c(OC)c1. The monoisotopic (exact) mass is 280 g/mol. The minimum absolute atomic E-state index is 0.105. The van der Waals surface area contributed by atoms with E-state index < -0.39 is 0 Å². The Labute approximate surface area is 120 Å². The first-order valence-corrected chi connectivity index (χ1v) is 6.85. The first-order valence-electron chi connectivity index (χ1n) is 6.85. The number of carbonyl (C=O) groups excluding carboxylic acids is 1. The van der Waals surface area contributed by atoms with Crippen LogP contribution in [0.2, 0.25) is 0 Å². The fourth-order valence-electron chi connectivity index (χ4n) is 2.02. The highest BCUT2D eigenvalue weighted by Crippen LogP contribution is 2.27. The molecule has 0 atom stereocenters. The summed E-state index contributed by atoms with van der Waals surface area (Å²) in [5.41, 5.74) is 6.40. The Morgan fingerprint density at radius 3 is 2.50 bits per heavy atom. The van der Waals surface area contributed by atoms with Crippen molar-refractivity contribution < 1.29 is 14.3 Å². The van der Waals surface area contributed by atoms with E-state index in [9.17, 15) is 4.79 Å². The highest BCUT2D eigenvalue weighted by atomic mass is 16.5. The number of nitrogens with two attached hydrogens (primary N) is 1. The second-order valence-corrected chi connectivity index (χ2v) is 4.48. The quantitative estimate of drug-likeness (QED) is 0.782. The van der Waals surface area contributed by atoms with Gasteiger partial charge < -0.3 is 20.1 Å². The average molecular weight is 280 g/mol. The van der Waals surface area contributed by atoms with Crippen LogP contribution in [0.5, 0.6) is 11.5 Å². The highest BCUT2D eigenvalue weighted by Gasteiger charge is 2.13. The third-order valence-corrected chi connectivity index (χ3v) is 3.17. The number of likely N-dealkylation sites (N-methyl/N-ethyl adjacent to an activating group) is 1. The van der Waals surface area contributed by atoms with Crippen molar-refractivity contribution >= 4 is 5.91 Å². The summed E-state index contributed by atoms with van der Waals surface area (Å²) >= 11 is 0. The van der Waals surface area contributed by atoms with E-state index in [-0.39, 0.29) is 5.91 Å². The first-order chi connectivity index (χ1) is 9.65. The largest absolute Gasteiger partial charge is 0.493 e. The van der Waals surface area contributed by atoms with Crippen molar-refractivity contribution in [2.24, 2.45) is 5.73 Å². The molecule has 0 aliphatic rings. The maximum atomic E-state index is 12.2. The van der Waals surface area contributed by atoms with Crippen LogP contribution in [0.15, 0.2) is 18.2 Å². The summed E-state index contributed by atoms with van der Waals surface area (Å²) in [4.78, 5) is 14.0. The smallest absolute Gasteiger partial charge is 0.226 e. The van der Waals surface area contributed by atoms with E-state index in [0.717, 1.165) is 12.0 Å². The van der Waals surface area contributed by atoms with Crippen LogP contribution < -0.4 is 15.2 Å². The average Bonchev–Trinajstić information content (AvgIpc) is 2.47. The van der Waals surface area contributed by atoms with Crippen LogP contribution in [0.3, 0.4) is 0 Å². The molecular weight excluding hydrogens is 256 g/mol. The van der Waals surface area contributed by atoms with Crippen LogP contribution in [0, 0.1) is 0 Å². The number of hydrogen-bond acceptors (Lipinski definition) is 4. The van der Waals surface area contributed by atoms with Crippen molar-refractivity contribution in [2.75, 3.05) is 33.9 Å². The number of nitrogens with zero attached hydrogens (tertiary/aromatic N) is 1. The Bertz CT molecular complexity index is 435. The van der Waals surface area contributed by atoms with E-state index in [4.69, 9.17) is 15.2 Å².